The van der Waals surface area contributed by atoms with E-state index in [1.54, 1.807) is 4.31 Å². The zero-order valence-corrected chi connectivity index (χ0v) is 12.1. The molecule has 0 atom stereocenters. The molecule has 0 aromatic carbocycles. The number of sulfonamides is 1. The molecule has 1 N–H and O–H groups in total. The van der Waals surface area contributed by atoms with Gasteiger partial charge in [0.25, 0.3) is 0 Å². The third-order valence-corrected chi connectivity index (χ3v) is 4.89. The van der Waals surface area contributed by atoms with E-state index >= 15 is 0 Å². The zero-order chi connectivity index (χ0) is 12.9. The van der Waals surface area contributed by atoms with Gasteiger partial charge in [-0.15, -0.1) is 0 Å². The molecule has 1 fully saturated rings. The van der Waals surface area contributed by atoms with Gasteiger partial charge in [0.1, 0.15) is 0 Å². The number of hydrogen-bond acceptors (Lipinski definition) is 3. The molecule has 0 aromatic rings. The fraction of sp³-hybridized carbons (Fsp3) is 1.00. The topological polar surface area (TPSA) is 49.4 Å². The van der Waals surface area contributed by atoms with E-state index in [1.165, 1.54) is 0 Å². The molecule has 1 aliphatic carbocycles. The van der Waals surface area contributed by atoms with E-state index in [9.17, 15) is 8.42 Å². The molecule has 0 saturated heterocycles. The van der Waals surface area contributed by atoms with E-state index in [1.807, 2.05) is 6.92 Å². The van der Waals surface area contributed by atoms with Gasteiger partial charge in [0, 0.05) is 18.6 Å². The number of nitrogens with one attached hydrogen (secondary N) is 1. The van der Waals surface area contributed by atoms with Crippen molar-refractivity contribution in [2.24, 2.45) is 0 Å². The first-order chi connectivity index (χ1) is 7.97. The molecule has 0 heterocycles. The molecule has 0 spiro atoms. The summed E-state index contributed by atoms with van der Waals surface area (Å²) < 4.78 is 26.0. The fourth-order valence-corrected chi connectivity index (χ4v) is 3.76. The molecule has 0 amide bonds. The van der Waals surface area contributed by atoms with Gasteiger partial charge >= 0.3 is 0 Å². The first-order valence-electron chi connectivity index (χ1n) is 6.70. The Morgan fingerprint density at radius 3 is 2.47 bits per heavy atom. The molecule has 0 bridgehead atoms. The highest BCUT2D eigenvalue weighted by Gasteiger charge is 2.35. The van der Waals surface area contributed by atoms with Crippen LogP contribution in [0.25, 0.3) is 0 Å². The highest BCUT2D eigenvalue weighted by molar-refractivity contribution is 7.89. The quantitative estimate of drug-likeness (QED) is 0.642. The maximum atomic E-state index is 12.1. The van der Waals surface area contributed by atoms with Crippen LogP contribution < -0.4 is 5.32 Å². The van der Waals surface area contributed by atoms with E-state index in [2.05, 4.69) is 19.2 Å². The maximum absolute atomic E-state index is 12.1. The second-order valence-electron chi connectivity index (χ2n) is 5.12. The lowest BCUT2D eigenvalue weighted by Crippen LogP contribution is -2.36. The van der Waals surface area contributed by atoms with Gasteiger partial charge in [0.2, 0.25) is 10.0 Å². The highest BCUT2D eigenvalue weighted by atomic mass is 32.2. The maximum Gasteiger partial charge on any atom is 0.214 e. The molecule has 0 radical (unpaired) electrons. The van der Waals surface area contributed by atoms with E-state index in [4.69, 9.17) is 0 Å². The van der Waals surface area contributed by atoms with Crippen molar-refractivity contribution in [3.05, 3.63) is 0 Å². The van der Waals surface area contributed by atoms with Crippen LogP contribution in [0.5, 0.6) is 0 Å². The predicted molar refractivity (Wildman–Crippen MR) is 71.6 cm³/mol. The first-order valence-corrected chi connectivity index (χ1v) is 8.31. The van der Waals surface area contributed by atoms with Gasteiger partial charge in [-0.25, -0.2) is 8.42 Å². The van der Waals surface area contributed by atoms with Gasteiger partial charge in [-0.05, 0) is 32.2 Å². The Kier molecular flexibility index (Phi) is 5.89. The van der Waals surface area contributed by atoms with E-state index in [0.29, 0.717) is 25.0 Å². The van der Waals surface area contributed by atoms with Crippen LogP contribution in [0.2, 0.25) is 0 Å². The summed E-state index contributed by atoms with van der Waals surface area (Å²) in [6.45, 7) is 7.64. The Hall–Kier alpha value is -0.130. The molecule has 0 unspecified atom stereocenters. The van der Waals surface area contributed by atoms with Gasteiger partial charge in [0.15, 0.2) is 0 Å². The third kappa shape index (κ3) is 5.36. The predicted octanol–water partition coefficient (Wildman–Crippen LogP) is 1.58. The molecule has 0 aliphatic heterocycles. The molecule has 102 valence electrons. The molecular weight excluding hydrogens is 236 g/mol. The summed E-state index contributed by atoms with van der Waals surface area (Å²) >= 11 is 0. The Bertz CT molecular complexity index is 310. The van der Waals surface area contributed by atoms with Crippen molar-refractivity contribution in [3.63, 3.8) is 0 Å². The van der Waals surface area contributed by atoms with Crippen molar-refractivity contribution in [2.75, 3.05) is 18.8 Å². The first kappa shape index (κ1) is 14.9. The van der Waals surface area contributed by atoms with Gasteiger partial charge in [-0.1, -0.05) is 20.8 Å². The van der Waals surface area contributed by atoms with Crippen molar-refractivity contribution in [2.45, 2.75) is 58.5 Å². The minimum absolute atomic E-state index is 0.281. The molecule has 1 saturated carbocycles. The summed E-state index contributed by atoms with van der Waals surface area (Å²) in [6.07, 6.45) is 3.69. The van der Waals surface area contributed by atoms with Gasteiger partial charge in [0.05, 0.1) is 5.75 Å². The molecule has 0 aromatic heterocycles. The molecule has 4 nitrogen and oxygen atoms in total. The van der Waals surface area contributed by atoms with Crippen LogP contribution >= 0.6 is 0 Å². The molecule has 17 heavy (non-hydrogen) atoms. The van der Waals surface area contributed by atoms with Crippen molar-refractivity contribution in [3.8, 4) is 0 Å². The third-order valence-electron chi connectivity index (χ3n) is 2.89. The van der Waals surface area contributed by atoms with Gasteiger partial charge in [-0.3, -0.25) is 0 Å². The summed E-state index contributed by atoms with van der Waals surface area (Å²) in [5, 5.41) is 3.25. The molecule has 1 rings (SSSR count). The molecule has 1 aliphatic rings. The smallest absolute Gasteiger partial charge is 0.214 e. The second kappa shape index (κ2) is 6.71. The van der Waals surface area contributed by atoms with Crippen molar-refractivity contribution in [1.29, 1.82) is 0 Å². The Morgan fingerprint density at radius 1 is 1.35 bits per heavy atom. The second-order valence-corrected chi connectivity index (χ2v) is 7.16. The number of hydrogen-bond donors (Lipinski definition) is 1. The summed E-state index contributed by atoms with van der Waals surface area (Å²) in [6, 6.07) is 0.728. The lowest BCUT2D eigenvalue weighted by atomic mass is 10.4. The summed E-state index contributed by atoms with van der Waals surface area (Å²) in [5.41, 5.74) is 0. The van der Waals surface area contributed by atoms with Crippen LogP contribution in [0.1, 0.15) is 46.5 Å². The summed E-state index contributed by atoms with van der Waals surface area (Å²) in [4.78, 5) is 0. The van der Waals surface area contributed by atoms with Gasteiger partial charge < -0.3 is 5.32 Å². The van der Waals surface area contributed by atoms with Crippen molar-refractivity contribution in [1.82, 2.24) is 9.62 Å². The minimum atomic E-state index is -3.03. The lowest BCUT2D eigenvalue weighted by Gasteiger charge is -2.21. The Morgan fingerprint density at radius 2 is 2.00 bits per heavy atom. The summed E-state index contributed by atoms with van der Waals surface area (Å²) in [5.74, 6) is 0.281. The van der Waals surface area contributed by atoms with Gasteiger partial charge in [-0.2, -0.15) is 4.31 Å². The average Bonchev–Trinajstić information content (AvgIpc) is 3.04. The lowest BCUT2D eigenvalue weighted by molar-refractivity contribution is 0.402. The molecule has 5 heteroatoms. The normalized spacial score (nSPS) is 17.0. The highest BCUT2D eigenvalue weighted by Crippen LogP contribution is 2.29. The van der Waals surface area contributed by atoms with Crippen LogP contribution in [0.4, 0.5) is 0 Å². The zero-order valence-electron chi connectivity index (χ0n) is 11.3. The molecular formula is C12H26N2O2S. The van der Waals surface area contributed by atoms with E-state index in [0.717, 1.165) is 25.8 Å². The van der Waals surface area contributed by atoms with Crippen LogP contribution in [0, 0.1) is 0 Å². The van der Waals surface area contributed by atoms with E-state index < -0.39 is 10.0 Å². The SMILES string of the molecule is CCCN(C1CC1)S(=O)(=O)CCCNC(C)C. The van der Waals surface area contributed by atoms with Crippen molar-refractivity contribution >= 4 is 10.0 Å². The Labute approximate surface area is 106 Å². The van der Waals surface area contributed by atoms with Crippen LogP contribution in [0.3, 0.4) is 0 Å². The minimum Gasteiger partial charge on any atom is -0.314 e. The number of rotatable bonds is 9. The van der Waals surface area contributed by atoms with Crippen LogP contribution in [0.15, 0.2) is 0 Å². The van der Waals surface area contributed by atoms with E-state index in [-0.39, 0.29) is 5.75 Å². The van der Waals surface area contributed by atoms with Crippen LogP contribution in [-0.4, -0.2) is 43.6 Å². The largest absolute Gasteiger partial charge is 0.314 e. The Balaban J connectivity index is 2.37. The van der Waals surface area contributed by atoms with Crippen molar-refractivity contribution < 1.29 is 8.42 Å². The fourth-order valence-electron chi connectivity index (χ4n) is 1.89. The monoisotopic (exact) mass is 262 g/mol. The standard InChI is InChI=1S/C12H26N2O2S/c1-4-9-14(12-6-7-12)17(15,16)10-5-8-13-11(2)3/h11-13H,4-10H2,1-3H3. The summed E-state index contributed by atoms with van der Waals surface area (Å²) in [7, 11) is -3.03. The van der Waals surface area contributed by atoms with Crippen LogP contribution in [-0.2, 0) is 10.0 Å². The number of nitrogens with zero attached hydrogens (tertiary/aromatic N) is 1. The average molecular weight is 262 g/mol.